The van der Waals surface area contributed by atoms with E-state index in [0.717, 1.165) is 24.4 Å². The minimum atomic E-state index is 0.191. The summed E-state index contributed by atoms with van der Waals surface area (Å²) in [6, 6.07) is 0. The lowest BCUT2D eigenvalue weighted by Crippen LogP contribution is -2.52. The molecule has 1 heteroatoms. The Balaban J connectivity index is 1.98. The lowest BCUT2D eigenvalue weighted by molar-refractivity contribution is -0.110. The van der Waals surface area contributed by atoms with Crippen LogP contribution in [0, 0.1) is 23.2 Å². The first-order valence-electron chi connectivity index (χ1n) is 6.87. The largest absolute Gasteiger partial charge is 0.375 e. The number of ether oxygens (including phenoxy) is 1. The van der Waals surface area contributed by atoms with Gasteiger partial charge in [0.25, 0.3) is 0 Å². The molecule has 0 N–H and O–H groups in total. The Labute approximate surface area is 99.3 Å². The molecule has 1 saturated carbocycles. The molecule has 0 unspecified atom stereocenters. The second kappa shape index (κ2) is 3.35. The van der Waals surface area contributed by atoms with E-state index in [4.69, 9.17) is 4.74 Å². The first kappa shape index (κ1) is 10.8. The molecule has 2 fully saturated rings. The summed E-state index contributed by atoms with van der Waals surface area (Å²) < 4.78 is 6.07. The fourth-order valence-corrected chi connectivity index (χ4v) is 4.95. The van der Waals surface area contributed by atoms with Crippen molar-refractivity contribution in [3.05, 3.63) is 12.2 Å². The monoisotopic (exact) mass is 220 g/mol. The fraction of sp³-hybridized carbons (Fsp3) is 0.867. The molecular weight excluding hydrogens is 196 g/mol. The van der Waals surface area contributed by atoms with Crippen molar-refractivity contribution in [1.82, 2.24) is 0 Å². The highest BCUT2D eigenvalue weighted by molar-refractivity contribution is 5.13. The van der Waals surface area contributed by atoms with E-state index < -0.39 is 0 Å². The molecule has 0 amide bonds. The molecule has 16 heavy (non-hydrogen) atoms. The molecule has 2 aliphatic carbocycles. The number of hydrogen-bond acceptors (Lipinski definition) is 1. The van der Waals surface area contributed by atoms with Gasteiger partial charge in [0, 0.05) is 6.61 Å². The summed E-state index contributed by atoms with van der Waals surface area (Å²) in [4.78, 5) is 0. The maximum atomic E-state index is 6.07. The Bertz CT molecular complexity index is 321. The van der Waals surface area contributed by atoms with Gasteiger partial charge in [-0.3, -0.25) is 0 Å². The highest BCUT2D eigenvalue weighted by Gasteiger charge is 2.57. The maximum Gasteiger partial charge on any atom is 0.0688 e. The quantitative estimate of drug-likeness (QED) is 0.564. The Morgan fingerprint density at radius 1 is 1.25 bits per heavy atom. The predicted octanol–water partition coefficient (Wildman–Crippen LogP) is 3.79. The molecule has 0 radical (unpaired) electrons. The molecule has 0 bridgehead atoms. The van der Waals surface area contributed by atoms with Gasteiger partial charge in [0.2, 0.25) is 0 Å². The van der Waals surface area contributed by atoms with Crippen molar-refractivity contribution >= 4 is 0 Å². The minimum Gasteiger partial charge on any atom is -0.375 e. The van der Waals surface area contributed by atoms with E-state index in [2.05, 4.69) is 32.9 Å². The van der Waals surface area contributed by atoms with Crippen LogP contribution in [0.15, 0.2) is 12.2 Å². The van der Waals surface area contributed by atoms with E-state index in [9.17, 15) is 0 Å². The van der Waals surface area contributed by atoms with Crippen LogP contribution in [0.25, 0.3) is 0 Å². The minimum absolute atomic E-state index is 0.191. The molecule has 1 saturated heterocycles. The Morgan fingerprint density at radius 3 is 2.88 bits per heavy atom. The summed E-state index contributed by atoms with van der Waals surface area (Å²) in [6.45, 7) is 8.27. The van der Waals surface area contributed by atoms with Gasteiger partial charge in [0.1, 0.15) is 0 Å². The third kappa shape index (κ3) is 1.27. The van der Waals surface area contributed by atoms with Gasteiger partial charge in [-0.1, -0.05) is 26.0 Å². The van der Waals surface area contributed by atoms with Crippen molar-refractivity contribution in [2.75, 3.05) is 6.61 Å². The van der Waals surface area contributed by atoms with Gasteiger partial charge in [-0.2, -0.15) is 0 Å². The van der Waals surface area contributed by atoms with Gasteiger partial charge >= 0.3 is 0 Å². The molecule has 0 aromatic heterocycles. The van der Waals surface area contributed by atoms with Crippen molar-refractivity contribution in [2.45, 2.75) is 52.1 Å². The lowest BCUT2D eigenvalue weighted by atomic mass is 9.50. The van der Waals surface area contributed by atoms with Crippen molar-refractivity contribution in [2.24, 2.45) is 23.2 Å². The van der Waals surface area contributed by atoms with Gasteiger partial charge < -0.3 is 4.74 Å². The number of rotatable bonds is 0. The normalized spacial score (nSPS) is 55.8. The first-order chi connectivity index (χ1) is 7.56. The lowest BCUT2D eigenvalue weighted by Gasteiger charge is -2.55. The van der Waals surface area contributed by atoms with Crippen LogP contribution in [-0.2, 0) is 4.74 Å². The van der Waals surface area contributed by atoms with E-state index in [0.29, 0.717) is 5.41 Å². The van der Waals surface area contributed by atoms with Crippen LogP contribution in [-0.4, -0.2) is 12.2 Å². The zero-order chi connectivity index (χ0) is 11.4. The topological polar surface area (TPSA) is 9.23 Å². The van der Waals surface area contributed by atoms with Crippen LogP contribution in [0.2, 0.25) is 0 Å². The van der Waals surface area contributed by atoms with Crippen LogP contribution in [0.1, 0.15) is 46.5 Å². The van der Waals surface area contributed by atoms with Gasteiger partial charge in [-0.05, 0) is 55.8 Å². The molecule has 0 aromatic rings. The average molecular weight is 220 g/mol. The molecule has 90 valence electrons. The van der Waals surface area contributed by atoms with Gasteiger partial charge in [-0.25, -0.2) is 0 Å². The fourth-order valence-electron chi connectivity index (χ4n) is 4.95. The second-order valence-electron chi connectivity index (χ2n) is 6.64. The summed E-state index contributed by atoms with van der Waals surface area (Å²) >= 11 is 0. The first-order valence-corrected chi connectivity index (χ1v) is 6.87. The molecule has 0 spiro atoms. The number of hydrogen-bond donors (Lipinski definition) is 0. The highest BCUT2D eigenvalue weighted by Crippen LogP contribution is 2.60. The van der Waals surface area contributed by atoms with E-state index in [1.165, 1.54) is 25.7 Å². The van der Waals surface area contributed by atoms with Crippen molar-refractivity contribution in [3.8, 4) is 0 Å². The van der Waals surface area contributed by atoms with Gasteiger partial charge in [-0.15, -0.1) is 0 Å². The zero-order valence-corrected chi connectivity index (χ0v) is 10.8. The summed E-state index contributed by atoms with van der Waals surface area (Å²) in [5.74, 6) is 2.44. The summed E-state index contributed by atoms with van der Waals surface area (Å²) in [6.07, 6.45) is 10.0. The summed E-state index contributed by atoms with van der Waals surface area (Å²) in [5, 5.41) is 0. The Kier molecular flexibility index (Phi) is 2.27. The molecule has 1 nitrogen and oxygen atoms in total. The van der Waals surface area contributed by atoms with Crippen LogP contribution < -0.4 is 0 Å². The van der Waals surface area contributed by atoms with E-state index >= 15 is 0 Å². The predicted molar refractivity (Wildman–Crippen MR) is 66.2 cm³/mol. The number of allylic oxidation sites excluding steroid dienone is 2. The molecule has 3 rings (SSSR count). The molecule has 1 heterocycles. The Morgan fingerprint density at radius 2 is 2.06 bits per heavy atom. The maximum absolute atomic E-state index is 6.07. The number of fused-ring (bicyclic) bond motifs is 3. The molecule has 0 aromatic carbocycles. The summed E-state index contributed by atoms with van der Waals surface area (Å²) in [5.41, 5.74) is 0.688. The van der Waals surface area contributed by atoms with Crippen LogP contribution in [0.5, 0.6) is 0 Å². The van der Waals surface area contributed by atoms with Crippen molar-refractivity contribution in [3.63, 3.8) is 0 Å². The van der Waals surface area contributed by atoms with Crippen molar-refractivity contribution in [1.29, 1.82) is 0 Å². The second-order valence-corrected chi connectivity index (χ2v) is 6.64. The molecule has 5 atom stereocenters. The van der Waals surface area contributed by atoms with Gasteiger partial charge in [0.05, 0.1) is 5.60 Å². The Hall–Kier alpha value is -0.300. The third-order valence-electron chi connectivity index (χ3n) is 5.80. The van der Waals surface area contributed by atoms with E-state index in [1.54, 1.807) is 0 Å². The third-order valence-corrected chi connectivity index (χ3v) is 5.80. The molecule has 1 aliphatic heterocycles. The summed E-state index contributed by atoms with van der Waals surface area (Å²) in [7, 11) is 0. The molecular formula is C15H24O. The van der Waals surface area contributed by atoms with Crippen molar-refractivity contribution < 1.29 is 4.74 Å². The van der Waals surface area contributed by atoms with Crippen LogP contribution >= 0.6 is 0 Å². The smallest absolute Gasteiger partial charge is 0.0688 e. The SMILES string of the molecule is C[C@@H]1C=CC[C@]2(C)[C@H]3CCO[C@]3(C)CC[C@@H]12. The standard InChI is InChI=1S/C15H24O/c1-11-5-4-8-14(2)12(11)6-9-15(3)13(14)7-10-16-15/h4-5,11-13H,6-10H2,1-3H3/t11-,12+,13-,14+,15-/m1/s1. The zero-order valence-electron chi connectivity index (χ0n) is 10.8. The van der Waals surface area contributed by atoms with E-state index in [-0.39, 0.29) is 5.60 Å². The highest BCUT2D eigenvalue weighted by atomic mass is 16.5. The molecule has 3 aliphatic rings. The van der Waals surface area contributed by atoms with Gasteiger partial charge in [0.15, 0.2) is 0 Å². The average Bonchev–Trinajstić information content (AvgIpc) is 2.61. The van der Waals surface area contributed by atoms with Crippen LogP contribution in [0.4, 0.5) is 0 Å². The van der Waals surface area contributed by atoms with E-state index in [1.807, 2.05) is 0 Å². The van der Waals surface area contributed by atoms with Crippen LogP contribution in [0.3, 0.4) is 0 Å².